The molecule has 1 aliphatic rings. The van der Waals surface area contributed by atoms with E-state index in [1.807, 2.05) is 13.8 Å². The first kappa shape index (κ1) is 18.8. The number of carbonyl (C=O) groups excluding carboxylic acids is 2. The van der Waals surface area contributed by atoms with Gasteiger partial charge in [0.2, 0.25) is 0 Å². The summed E-state index contributed by atoms with van der Waals surface area (Å²) in [7, 11) is 0. The van der Waals surface area contributed by atoms with E-state index in [0.717, 1.165) is 0 Å². The van der Waals surface area contributed by atoms with Crippen LogP contribution in [0.2, 0.25) is 10.0 Å². The molecule has 0 aromatic heterocycles. The SMILES string of the molecule is C[C@@H]1CN(C(=O)COC(=O)/C=C/c2ccc(Cl)c(Cl)c2)C[C@@H](C)O1. The van der Waals surface area contributed by atoms with Gasteiger partial charge in [-0.05, 0) is 37.6 Å². The maximum atomic E-state index is 12.1. The van der Waals surface area contributed by atoms with E-state index >= 15 is 0 Å². The summed E-state index contributed by atoms with van der Waals surface area (Å²) in [6.45, 7) is 4.52. The van der Waals surface area contributed by atoms with Crippen molar-refractivity contribution in [2.45, 2.75) is 26.1 Å². The van der Waals surface area contributed by atoms with Crippen LogP contribution >= 0.6 is 23.2 Å². The van der Waals surface area contributed by atoms with Gasteiger partial charge in [-0.25, -0.2) is 4.79 Å². The second-order valence-electron chi connectivity index (χ2n) is 5.67. The summed E-state index contributed by atoms with van der Waals surface area (Å²) >= 11 is 11.7. The van der Waals surface area contributed by atoms with Crippen LogP contribution in [0, 0.1) is 0 Å². The molecule has 1 saturated heterocycles. The highest BCUT2D eigenvalue weighted by Crippen LogP contribution is 2.23. The third kappa shape index (κ3) is 5.51. The van der Waals surface area contributed by atoms with E-state index in [0.29, 0.717) is 28.7 Å². The van der Waals surface area contributed by atoms with Crippen LogP contribution in [0.3, 0.4) is 0 Å². The van der Waals surface area contributed by atoms with Crippen LogP contribution in [-0.4, -0.2) is 48.7 Å². The van der Waals surface area contributed by atoms with Crippen LogP contribution < -0.4 is 0 Å². The average molecular weight is 372 g/mol. The second-order valence-corrected chi connectivity index (χ2v) is 6.49. The molecule has 0 saturated carbocycles. The first-order valence-electron chi connectivity index (χ1n) is 7.58. The molecule has 1 heterocycles. The van der Waals surface area contributed by atoms with Gasteiger partial charge in [0, 0.05) is 19.2 Å². The Morgan fingerprint density at radius 3 is 2.54 bits per heavy atom. The standard InChI is InChI=1S/C17H19Cl2NO4/c1-11-8-20(9-12(2)24-11)16(21)10-23-17(22)6-4-13-3-5-14(18)15(19)7-13/h3-7,11-12H,8-10H2,1-2H3/b6-4+/t11-,12-/m1/s1. The van der Waals surface area contributed by atoms with Gasteiger partial charge in [-0.1, -0.05) is 29.3 Å². The molecule has 1 fully saturated rings. The lowest BCUT2D eigenvalue weighted by Crippen LogP contribution is -2.49. The highest BCUT2D eigenvalue weighted by molar-refractivity contribution is 6.42. The van der Waals surface area contributed by atoms with Crippen LogP contribution in [0.1, 0.15) is 19.4 Å². The molecule has 1 amide bonds. The third-order valence-electron chi connectivity index (χ3n) is 3.47. The molecule has 0 radical (unpaired) electrons. The number of halogens is 2. The molecule has 1 aromatic rings. The lowest BCUT2D eigenvalue weighted by molar-refractivity contribution is -0.154. The van der Waals surface area contributed by atoms with E-state index in [2.05, 4.69) is 0 Å². The Hall–Kier alpha value is -1.56. The average Bonchev–Trinajstić information content (AvgIpc) is 2.52. The summed E-state index contributed by atoms with van der Waals surface area (Å²) in [5, 5.41) is 0.842. The maximum Gasteiger partial charge on any atom is 0.331 e. The molecule has 0 N–H and O–H groups in total. The van der Waals surface area contributed by atoms with Crippen molar-refractivity contribution in [2.75, 3.05) is 19.7 Å². The minimum absolute atomic E-state index is 0.0250. The van der Waals surface area contributed by atoms with Crippen molar-refractivity contribution in [1.29, 1.82) is 0 Å². The molecular formula is C17H19Cl2NO4. The number of hydrogen-bond donors (Lipinski definition) is 0. The van der Waals surface area contributed by atoms with Gasteiger partial charge in [0.25, 0.3) is 5.91 Å². The Bertz CT molecular complexity index is 637. The smallest absolute Gasteiger partial charge is 0.331 e. The third-order valence-corrected chi connectivity index (χ3v) is 4.20. The predicted octanol–water partition coefficient (Wildman–Crippen LogP) is 3.19. The Morgan fingerprint density at radius 1 is 1.25 bits per heavy atom. The van der Waals surface area contributed by atoms with Gasteiger partial charge in [-0.2, -0.15) is 0 Å². The first-order valence-corrected chi connectivity index (χ1v) is 8.34. The summed E-state index contributed by atoms with van der Waals surface area (Å²) in [5.74, 6) is -0.822. The zero-order valence-corrected chi connectivity index (χ0v) is 15.0. The van der Waals surface area contributed by atoms with Gasteiger partial charge >= 0.3 is 5.97 Å². The minimum atomic E-state index is -0.594. The fourth-order valence-corrected chi connectivity index (χ4v) is 2.74. The van der Waals surface area contributed by atoms with Crippen molar-refractivity contribution < 1.29 is 19.1 Å². The number of nitrogens with zero attached hydrogens (tertiary/aromatic N) is 1. The highest BCUT2D eigenvalue weighted by Gasteiger charge is 2.26. The molecule has 0 aliphatic carbocycles. The van der Waals surface area contributed by atoms with Crippen molar-refractivity contribution in [1.82, 2.24) is 4.90 Å². The molecule has 0 bridgehead atoms. The molecule has 2 rings (SSSR count). The molecule has 1 aliphatic heterocycles. The molecule has 7 heteroatoms. The number of amides is 1. The van der Waals surface area contributed by atoms with E-state index in [4.69, 9.17) is 32.7 Å². The Morgan fingerprint density at radius 2 is 1.92 bits per heavy atom. The van der Waals surface area contributed by atoms with E-state index in [9.17, 15) is 9.59 Å². The number of hydrogen-bond acceptors (Lipinski definition) is 4. The van der Waals surface area contributed by atoms with Crippen molar-refractivity contribution in [2.24, 2.45) is 0 Å². The summed E-state index contributed by atoms with van der Waals surface area (Å²) < 4.78 is 10.6. The van der Waals surface area contributed by atoms with Gasteiger partial charge in [0.15, 0.2) is 6.61 Å². The number of benzene rings is 1. The molecule has 0 unspecified atom stereocenters. The van der Waals surface area contributed by atoms with E-state index in [1.54, 1.807) is 29.2 Å². The van der Waals surface area contributed by atoms with Gasteiger partial charge < -0.3 is 14.4 Å². The summed E-state index contributed by atoms with van der Waals surface area (Å²) in [6, 6.07) is 4.99. The number of rotatable bonds is 4. The van der Waals surface area contributed by atoms with Crippen LogP contribution in [0.5, 0.6) is 0 Å². The van der Waals surface area contributed by atoms with Crippen LogP contribution in [0.25, 0.3) is 6.08 Å². The molecule has 0 spiro atoms. The van der Waals surface area contributed by atoms with Gasteiger partial charge in [0.1, 0.15) is 0 Å². The van der Waals surface area contributed by atoms with Crippen LogP contribution in [-0.2, 0) is 19.1 Å². The zero-order valence-electron chi connectivity index (χ0n) is 13.5. The first-order chi connectivity index (χ1) is 11.3. The normalized spacial score (nSPS) is 21.1. The molecule has 130 valence electrons. The molecular weight excluding hydrogens is 353 g/mol. The zero-order chi connectivity index (χ0) is 17.7. The summed E-state index contributed by atoms with van der Waals surface area (Å²) in [5.41, 5.74) is 0.712. The Kier molecular flexibility index (Phi) is 6.66. The summed E-state index contributed by atoms with van der Waals surface area (Å²) in [4.78, 5) is 25.5. The van der Waals surface area contributed by atoms with Crippen molar-refractivity contribution in [3.63, 3.8) is 0 Å². The van der Waals surface area contributed by atoms with Gasteiger partial charge in [-0.15, -0.1) is 0 Å². The number of carbonyl (C=O) groups is 2. The van der Waals surface area contributed by atoms with Gasteiger partial charge in [0.05, 0.1) is 22.3 Å². The lowest BCUT2D eigenvalue weighted by Gasteiger charge is -2.35. The Labute approximate surface area is 151 Å². The summed E-state index contributed by atoms with van der Waals surface area (Å²) in [6.07, 6.45) is 2.75. The quantitative estimate of drug-likeness (QED) is 0.602. The minimum Gasteiger partial charge on any atom is -0.452 e. The molecule has 1 aromatic carbocycles. The van der Waals surface area contributed by atoms with E-state index < -0.39 is 5.97 Å². The van der Waals surface area contributed by atoms with Crippen molar-refractivity contribution in [3.8, 4) is 0 Å². The topological polar surface area (TPSA) is 55.8 Å². The molecule has 5 nitrogen and oxygen atoms in total. The Balaban J connectivity index is 1.83. The fraction of sp³-hybridized carbons (Fsp3) is 0.412. The largest absolute Gasteiger partial charge is 0.452 e. The van der Waals surface area contributed by atoms with Crippen LogP contribution in [0.15, 0.2) is 24.3 Å². The predicted molar refractivity (Wildman–Crippen MR) is 93.0 cm³/mol. The van der Waals surface area contributed by atoms with E-state index in [-0.39, 0.29) is 24.7 Å². The van der Waals surface area contributed by atoms with Gasteiger partial charge in [-0.3, -0.25) is 4.79 Å². The van der Waals surface area contributed by atoms with Crippen molar-refractivity contribution >= 4 is 41.2 Å². The number of esters is 1. The highest BCUT2D eigenvalue weighted by atomic mass is 35.5. The van der Waals surface area contributed by atoms with Crippen LogP contribution in [0.4, 0.5) is 0 Å². The number of ether oxygens (including phenoxy) is 2. The van der Waals surface area contributed by atoms with Crippen molar-refractivity contribution in [3.05, 3.63) is 39.9 Å². The van der Waals surface area contributed by atoms with E-state index in [1.165, 1.54) is 6.08 Å². The fourth-order valence-electron chi connectivity index (χ4n) is 2.43. The lowest BCUT2D eigenvalue weighted by atomic mass is 10.2. The monoisotopic (exact) mass is 371 g/mol. The molecule has 24 heavy (non-hydrogen) atoms. The maximum absolute atomic E-state index is 12.1. The number of morpholine rings is 1. The molecule has 2 atom stereocenters. The second kappa shape index (κ2) is 8.51.